The number of hydrogen-bond donors (Lipinski definition) is 0. The van der Waals surface area contributed by atoms with Gasteiger partial charge in [0, 0.05) is 12.3 Å². The number of hydrogen-bond acceptors (Lipinski definition) is 1. The van der Waals surface area contributed by atoms with E-state index in [2.05, 4.69) is 46.8 Å². The summed E-state index contributed by atoms with van der Waals surface area (Å²) < 4.78 is 0. The van der Waals surface area contributed by atoms with Gasteiger partial charge in [-0.1, -0.05) is 59.6 Å². The molecule has 0 N–H and O–H groups in total. The van der Waals surface area contributed by atoms with Crippen LogP contribution in [0.3, 0.4) is 0 Å². The first-order chi connectivity index (χ1) is 13.8. The molecular weight excluding hydrogens is 352 g/mol. The van der Waals surface area contributed by atoms with E-state index in [1.807, 2.05) is 0 Å². The fourth-order valence-electron chi connectivity index (χ4n) is 8.84. The molecule has 0 aromatic heterocycles. The molecule has 29 heavy (non-hydrogen) atoms. The van der Waals surface area contributed by atoms with Gasteiger partial charge in [-0.15, -0.1) is 0 Å². The summed E-state index contributed by atoms with van der Waals surface area (Å²) in [6, 6.07) is 0. The highest BCUT2D eigenvalue weighted by molar-refractivity contribution is 5.83. The molecule has 0 saturated heterocycles. The lowest BCUT2D eigenvalue weighted by Gasteiger charge is -2.59. The van der Waals surface area contributed by atoms with Crippen LogP contribution in [0.1, 0.15) is 105 Å². The van der Waals surface area contributed by atoms with E-state index in [4.69, 9.17) is 0 Å². The highest BCUT2D eigenvalue weighted by Crippen LogP contribution is 2.67. The zero-order chi connectivity index (χ0) is 20.8. The van der Waals surface area contributed by atoms with Gasteiger partial charge in [-0.25, -0.2) is 0 Å². The molecule has 0 spiro atoms. The monoisotopic (exact) mass is 398 g/mol. The van der Waals surface area contributed by atoms with Crippen LogP contribution in [0.15, 0.2) is 12.2 Å². The van der Waals surface area contributed by atoms with Crippen LogP contribution in [0.25, 0.3) is 0 Å². The normalized spacial score (nSPS) is 45.9. The van der Waals surface area contributed by atoms with E-state index in [1.165, 1.54) is 64.2 Å². The molecule has 0 aromatic carbocycles. The molecule has 4 fully saturated rings. The van der Waals surface area contributed by atoms with Gasteiger partial charge in [-0.2, -0.15) is 0 Å². The minimum atomic E-state index is 0.323. The number of allylic oxidation sites excluding steroid dienone is 2. The topological polar surface area (TPSA) is 17.1 Å². The Morgan fingerprint density at radius 3 is 2.48 bits per heavy atom. The van der Waals surface area contributed by atoms with Crippen molar-refractivity contribution in [2.75, 3.05) is 0 Å². The third kappa shape index (κ3) is 3.57. The largest absolute Gasteiger partial charge is 0.299 e. The Bertz CT molecular complexity index is 632. The van der Waals surface area contributed by atoms with Gasteiger partial charge in [-0.05, 0) is 97.7 Å². The van der Waals surface area contributed by atoms with Crippen LogP contribution in [0, 0.1) is 52.3 Å². The standard InChI is InChI=1S/C28H46O/c1-6-20(19(2)3)10-9-11-21-13-14-23-22-18-26(29)25-12-7-8-16-28(25,5)24(22)15-17-27(21,23)4/h9-10,19-25H,6-8,11-18H2,1-5H3/b10-9+/t20-,21?,22?,23?,24?,25?,27?,28?/m1/s1. The van der Waals surface area contributed by atoms with Crippen molar-refractivity contribution in [2.24, 2.45) is 52.3 Å². The number of rotatable bonds is 5. The fraction of sp³-hybridized carbons (Fsp3) is 0.893. The molecule has 0 heterocycles. The Morgan fingerprint density at radius 2 is 1.76 bits per heavy atom. The van der Waals surface area contributed by atoms with Crippen molar-refractivity contribution in [1.29, 1.82) is 0 Å². The zero-order valence-electron chi connectivity index (χ0n) is 19.9. The zero-order valence-corrected chi connectivity index (χ0v) is 19.9. The van der Waals surface area contributed by atoms with Crippen LogP contribution in [0.2, 0.25) is 0 Å². The van der Waals surface area contributed by atoms with Crippen LogP contribution in [0.4, 0.5) is 0 Å². The van der Waals surface area contributed by atoms with E-state index in [9.17, 15) is 4.79 Å². The van der Waals surface area contributed by atoms with Crippen LogP contribution in [-0.4, -0.2) is 5.78 Å². The average Bonchev–Trinajstić information content (AvgIpc) is 3.01. The third-order valence-corrected chi connectivity index (χ3v) is 10.7. The van der Waals surface area contributed by atoms with E-state index in [1.54, 1.807) is 0 Å². The number of carbonyl (C=O) groups is 1. The Kier molecular flexibility index (Phi) is 6.09. The Labute approximate surface area is 180 Å². The maximum absolute atomic E-state index is 13.2. The van der Waals surface area contributed by atoms with Gasteiger partial charge in [0.2, 0.25) is 0 Å². The van der Waals surface area contributed by atoms with E-state index < -0.39 is 0 Å². The first-order valence-corrected chi connectivity index (χ1v) is 13.0. The maximum Gasteiger partial charge on any atom is 0.136 e. The predicted molar refractivity (Wildman–Crippen MR) is 123 cm³/mol. The van der Waals surface area contributed by atoms with Gasteiger partial charge < -0.3 is 0 Å². The molecule has 1 heteroatoms. The summed E-state index contributed by atoms with van der Waals surface area (Å²) in [5.74, 6) is 5.66. The van der Waals surface area contributed by atoms with Crippen LogP contribution >= 0.6 is 0 Å². The summed E-state index contributed by atoms with van der Waals surface area (Å²) in [6.45, 7) is 12.2. The molecule has 7 unspecified atom stereocenters. The van der Waals surface area contributed by atoms with Gasteiger partial charge in [0.15, 0.2) is 0 Å². The van der Waals surface area contributed by atoms with Gasteiger partial charge in [0.25, 0.3) is 0 Å². The summed E-state index contributed by atoms with van der Waals surface area (Å²) in [5.41, 5.74) is 0.798. The van der Waals surface area contributed by atoms with Gasteiger partial charge in [0.05, 0.1) is 0 Å². The molecule has 4 aliphatic carbocycles. The average molecular weight is 399 g/mol. The second kappa shape index (κ2) is 8.16. The predicted octanol–water partition coefficient (Wildman–Crippen LogP) is 7.84. The lowest BCUT2D eigenvalue weighted by atomic mass is 9.44. The number of fused-ring (bicyclic) bond motifs is 5. The van der Waals surface area contributed by atoms with Gasteiger partial charge in [0.1, 0.15) is 5.78 Å². The minimum absolute atomic E-state index is 0.323. The maximum atomic E-state index is 13.2. The molecule has 0 radical (unpaired) electrons. The Morgan fingerprint density at radius 1 is 1.00 bits per heavy atom. The van der Waals surface area contributed by atoms with Crippen molar-refractivity contribution < 1.29 is 4.79 Å². The van der Waals surface area contributed by atoms with Gasteiger partial charge in [-0.3, -0.25) is 4.79 Å². The molecule has 4 saturated carbocycles. The lowest BCUT2D eigenvalue weighted by Crippen LogP contribution is -2.55. The summed E-state index contributed by atoms with van der Waals surface area (Å²) >= 11 is 0. The molecule has 0 aliphatic heterocycles. The summed E-state index contributed by atoms with van der Waals surface area (Å²) in [7, 11) is 0. The van der Waals surface area contributed by atoms with Crippen LogP contribution in [0.5, 0.6) is 0 Å². The molecule has 0 bridgehead atoms. The highest BCUT2D eigenvalue weighted by Gasteiger charge is 2.61. The smallest absolute Gasteiger partial charge is 0.136 e. The number of ketones is 1. The molecule has 4 aliphatic rings. The minimum Gasteiger partial charge on any atom is -0.299 e. The van der Waals surface area contributed by atoms with Crippen molar-refractivity contribution in [3.63, 3.8) is 0 Å². The third-order valence-electron chi connectivity index (χ3n) is 10.7. The van der Waals surface area contributed by atoms with Crippen molar-refractivity contribution in [3.05, 3.63) is 12.2 Å². The Hall–Kier alpha value is -0.590. The molecule has 8 atom stereocenters. The van der Waals surface area contributed by atoms with E-state index >= 15 is 0 Å². The number of carbonyl (C=O) groups excluding carboxylic acids is 1. The van der Waals surface area contributed by atoms with E-state index in [-0.39, 0.29) is 0 Å². The summed E-state index contributed by atoms with van der Waals surface area (Å²) in [5, 5.41) is 0. The molecule has 4 rings (SSSR count). The van der Waals surface area contributed by atoms with Crippen LogP contribution < -0.4 is 0 Å². The number of Topliss-reactive ketones (excluding diaryl/α,β-unsaturated/α-hetero) is 1. The molecule has 0 amide bonds. The van der Waals surface area contributed by atoms with Crippen molar-refractivity contribution in [1.82, 2.24) is 0 Å². The summed E-state index contributed by atoms with van der Waals surface area (Å²) in [6.07, 6.45) is 19.2. The molecular formula is C28H46O. The molecule has 1 nitrogen and oxygen atoms in total. The quantitative estimate of drug-likeness (QED) is 0.431. The first kappa shape index (κ1) is 21.6. The Balaban J connectivity index is 1.49. The lowest BCUT2D eigenvalue weighted by molar-refractivity contribution is -0.153. The summed E-state index contributed by atoms with van der Waals surface area (Å²) in [4.78, 5) is 13.2. The van der Waals surface area contributed by atoms with Crippen molar-refractivity contribution in [2.45, 2.75) is 105 Å². The van der Waals surface area contributed by atoms with Crippen LogP contribution in [-0.2, 0) is 4.79 Å². The van der Waals surface area contributed by atoms with Crippen molar-refractivity contribution in [3.8, 4) is 0 Å². The van der Waals surface area contributed by atoms with E-state index in [0.29, 0.717) is 28.4 Å². The first-order valence-electron chi connectivity index (χ1n) is 13.0. The van der Waals surface area contributed by atoms with Gasteiger partial charge >= 0.3 is 0 Å². The molecule has 164 valence electrons. The second-order valence-electron chi connectivity index (χ2n) is 12.2. The second-order valence-corrected chi connectivity index (χ2v) is 12.2. The van der Waals surface area contributed by atoms with E-state index in [0.717, 1.165) is 36.0 Å². The SMILES string of the molecule is CC[C@H](/C=C/CC1CCC2C3CC(=O)C4CCCCC4(C)C3CCC12C)C(C)C. The fourth-order valence-corrected chi connectivity index (χ4v) is 8.84. The molecule has 0 aromatic rings. The van der Waals surface area contributed by atoms with Crippen molar-refractivity contribution >= 4 is 5.78 Å². The highest BCUT2D eigenvalue weighted by atomic mass is 16.1.